The molecule has 0 saturated carbocycles. The van der Waals surface area contributed by atoms with Crippen molar-refractivity contribution in [1.29, 1.82) is 0 Å². The fourth-order valence-corrected chi connectivity index (χ4v) is 4.45. The molecule has 0 aliphatic carbocycles. The van der Waals surface area contributed by atoms with Crippen molar-refractivity contribution in [3.63, 3.8) is 0 Å². The van der Waals surface area contributed by atoms with Crippen LogP contribution < -0.4 is 5.32 Å². The number of furan rings is 1. The minimum absolute atomic E-state index is 0.0577. The number of carbonyl (C=O) groups is 2. The van der Waals surface area contributed by atoms with Crippen molar-refractivity contribution < 1.29 is 23.7 Å². The van der Waals surface area contributed by atoms with Gasteiger partial charge in [0, 0.05) is 28.0 Å². The molecule has 1 amide bonds. The van der Waals surface area contributed by atoms with Crippen LogP contribution in [0, 0.1) is 17.0 Å². The summed E-state index contributed by atoms with van der Waals surface area (Å²) in [5.74, 6) is -0.975. The second kappa shape index (κ2) is 8.64. The first kappa shape index (κ1) is 21.3. The van der Waals surface area contributed by atoms with Gasteiger partial charge in [-0.1, -0.05) is 18.2 Å². The summed E-state index contributed by atoms with van der Waals surface area (Å²) < 4.78 is 10.8. The summed E-state index contributed by atoms with van der Waals surface area (Å²) in [6.07, 6.45) is 0. The number of non-ortho nitro benzene ring substituents is 1. The second-order valence-corrected chi connectivity index (χ2v) is 8.09. The number of ether oxygens (including phenoxy) is 1. The Bertz CT molecular complexity index is 1300. The van der Waals surface area contributed by atoms with E-state index in [0.29, 0.717) is 21.7 Å². The van der Waals surface area contributed by atoms with E-state index in [0.717, 1.165) is 10.3 Å². The number of nitrogens with one attached hydrogen (secondary N) is 1. The van der Waals surface area contributed by atoms with E-state index < -0.39 is 16.8 Å². The van der Waals surface area contributed by atoms with Gasteiger partial charge in [0.25, 0.3) is 11.6 Å². The molecule has 2 aromatic heterocycles. The van der Waals surface area contributed by atoms with Gasteiger partial charge in [-0.2, -0.15) is 0 Å². The molecule has 2 heterocycles. The number of aryl methyl sites for hydroxylation is 1. The molecule has 1 N–H and O–H groups in total. The van der Waals surface area contributed by atoms with Gasteiger partial charge in [-0.25, -0.2) is 4.79 Å². The van der Waals surface area contributed by atoms with Crippen LogP contribution in [0.1, 0.15) is 32.7 Å². The molecule has 0 aliphatic rings. The largest absolute Gasteiger partial charge is 0.462 e. The molecule has 4 rings (SSSR count). The number of hydrogen-bond donors (Lipinski definition) is 1. The average Bonchev–Trinajstić information content (AvgIpc) is 3.35. The van der Waals surface area contributed by atoms with E-state index in [1.807, 2.05) is 18.2 Å². The topological polar surface area (TPSA) is 112 Å². The predicted octanol–water partition coefficient (Wildman–Crippen LogP) is 5.81. The maximum absolute atomic E-state index is 12.9. The number of hydrogen-bond acceptors (Lipinski definition) is 7. The number of anilines is 1. The smallest absolute Gasteiger partial charge is 0.341 e. The van der Waals surface area contributed by atoms with Gasteiger partial charge in [-0.15, -0.1) is 11.3 Å². The highest BCUT2D eigenvalue weighted by atomic mass is 32.1. The number of rotatable bonds is 6. The minimum atomic E-state index is -0.592. The van der Waals surface area contributed by atoms with Gasteiger partial charge in [0.2, 0.25) is 0 Å². The summed E-state index contributed by atoms with van der Waals surface area (Å²) in [4.78, 5) is 36.9. The maximum atomic E-state index is 12.9. The molecule has 8 nitrogen and oxygen atoms in total. The SMILES string of the molecule is CCOC(=O)c1c(NC(=O)c2cc3ccccc3o2)sc(C)c1-c1ccc([N+](=O)[O-])cc1. The van der Waals surface area contributed by atoms with Crippen LogP contribution >= 0.6 is 11.3 Å². The lowest BCUT2D eigenvalue weighted by atomic mass is 10.0. The number of nitro benzene ring substituents is 1. The van der Waals surface area contributed by atoms with Crippen LogP contribution in [0.2, 0.25) is 0 Å². The zero-order chi connectivity index (χ0) is 22.8. The lowest BCUT2D eigenvalue weighted by molar-refractivity contribution is -0.384. The van der Waals surface area contributed by atoms with Gasteiger partial charge in [-0.05, 0) is 43.7 Å². The number of fused-ring (bicyclic) bond motifs is 1. The first-order valence-corrected chi connectivity index (χ1v) is 10.6. The van der Waals surface area contributed by atoms with Crippen LogP contribution in [0.3, 0.4) is 0 Å². The van der Waals surface area contributed by atoms with E-state index in [1.165, 1.54) is 23.5 Å². The number of para-hydroxylation sites is 1. The Labute approximate surface area is 186 Å². The molecule has 0 bridgehead atoms. The van der Waals surface area contributed by atoms with E-state index >= 15 is 0 Å². The molecule has 2 aromatic carbocycles. The second-order valence-electron chi connectivity index (χ2n) is 6.86. The van der Waals surface area contributed by atoms with Crippen molar-refractivity contribution in [2.75, 3.05) is 11.9 Å². The van der Waals surface area contributed by atoms with E-state index in [-0.39, 0.29) is 23.6 Å². The number of benzene rings is 2. The molecule has 0 radical (unpaired) electrons. The molecule has 162 valence electrons. The minimum Gasteiger partial charge on any atom is -0.462 e. The van der Waals surface area contributed by atoms with E-state index in [2.05, 4.69) is 5.32 Å². The normalized spacial score (nSPS) is 10.8. The molecule has 0 atom stereocenters. The van der Waals surface area contributed by atoms with Gasteiger partial charge in [-0.3, -0.25) is 14.9 Å². The highest BCUT2D eigenvalue weighted by molar-refractivity contribution is 7.17. The molecular formula is C23H18N2O6S. The fraction of sp³-hybridized carbons (Fsp3) is 0.130. The summed E-state index contributed by atoms with van der Waals surface area (Å²) in [5.41, 5.74) is 1.89. The third-order valence-electron chi connectivity index (χ3n) is 4.81. The van der Waals surface area contributed by atoms with Crippen molar-refractivity contribution in [3.05, 3.63) is 80.9 Å². The molecule has 0 fully saturated rings. The van der Waals surface area contributed by atoms with Gasteiger partial charge in [0.05, 0.1) is 11.5 Å². The van der Waals surface area contributed by atoms with Gasteiger partial charge in [0.1, 0.15) is 16.1 Å². The number of amides is 1. The zero-order valence-corrected chi connectivity index (χ0v) is 18.0. The third-order valence-corrected chi connectivity index (χ3v) is 5.83. The highest BCUT2D eigenvalue weighted by Gasteiger charge is 2.26. The first-order chi connectivity index (χ1) is 15.4. The van der Waals surface area contributed by atoms with Crippen LogP contribution in [0.25, 0.3) is 22.1 Å². The van der Waals surface area contributed by atoms with Crippen molar-refractivity contribution >= 4 is 44.9 Å². The molecule has 0 saturated heterocycles. The Morgan fingerprint density at radius 2 is 1.88 bits per heavy atom. The zero-order valence-electron chi connectivity index (χ0n) is 17.2. The van der Waals surface area contributed by atoms with Crippen LogP contribution in [0.5, 0.6) is 0 Å². The van der Waals surface area contributed by atoms with E-state index in [1.54, 1.807) is 38.1 Å². The number of esters is 1. The van der Waals surface area contributed by atoms with Crippen molar-refractivity contribution in [2.45, 2.75) is 13.8 Å². The predicted molar refractivity (Wildman–Crippen MR) is 121 cm³/mol. The Balaban J connectivity index is 1.74. The molecule has 0 unspecified atom stereocenters. The first-order valence-electron chi connectivity index (χ1n) is 9.74. The highest BCUT2D eigenvalue weighted by Crippen LogP contribution is 2.41. The lowest BCUT2D eigenvalue weighted by Crippen LogP contribution is -2.14. The number of thiophene rings is 1. The Kier molecular flexibility index (Phi) is 5.74. The van der Waals surface area contributed by atoms with Gasteiger partial charge in [0.15, 0.2) is 5.76 Å². The maximum Gasteiger partial charge on any atom is 0.341 e. The van der Waals surface area contributed by atoms with E-state index in [9.17, 15) is 19.7 Å². The molecule has 4 aromatic rings. The van der Waals surface area contributed by atoms with Gasteiger partial charge < -0.3 is 14.5 Å². The number of carbonyl (C=O) groups excluding carboxylic acids is 2. The monoisotopic (exact) mass is 450 g/mol. The molecular weight excluding hydrogens is 432 g/mol. The van der Waals surface area contributed by atoms with Crippen LogP contribution in [0.15, 0.2) is 59.0 Å². The lowest BCUT2D eigenvalue weighted by Gasteiger charge is -2.08. The average molecular weight is 450 g/mol. The van der Waals surface area contributed by atoms with Crippen molar-refractivity contribution in [3.8, 4) is 11.1 Å². The summed E-state index contributed by atoms with van der Waals surface area (Å²) in [6, 6.07) is 14.8. The summed E-state index contributed by atoms with van der Waals surface area (Å²) >= 11 is 1.22. The van der Waals surface area contributed by atoms with Crippen molar-refractivity contribution in [1.82, 2.24) is 0 Å². The number of nitrogens with zero attached hydrogens (tertiary/aromatic N) is 1. The summed E-state index contributed by atoms with van der Waals surface area (Å²) in [6.45, 7) is 3.65. The van der Waals surface area contributed by atoms with Crippen LogP contribution in [-0.4, -0.2) is 23.4 Å². The third kappa shape index (κ3) is 3.97. The Morgan fingerprint density at radius 3 is 2.53 bits per heavy atom. The Hall–Kier alpha value is -3.98. The van der Waals surface area contributed by atoms with Crippen LogP contribution in [0.4, 0.5) is 10.7 Å². The summed E-state index contributed by atoms with van der Waals surface area (Å²) in [7, 11) is 0. The Morgan fingerprint density at radius 1 is 1.16 bits per heavy atom. The van der Waals surface area contributed by atoms with Gasteiger partial charge >= 0.3 is 5.97 Å². The molecule has 0 aliphatic heterocycles. The quantitative estimate of drug-likeness (QED) is 0.225. The molecule has 0 spiro atoms. The summed E-state index contributed by atoms with van der Waals surface area (Å²) in [5, 5.41) is 14.9. The van der Waals surface area contributed by atoms with Crippen LogP contribution in [-0.2, 0) is 4.74 Å². The number of nitro groups is 1. The van der Waals surface area contributed by atoms with Crippen molar-refractivity contribution in [2.24, 2.45) is 0 Å². The molecule has 9 heteroatoms. The molecule has 32 heavy (non-hydrogen) atoms. The van der Waals surface area contributed by atoms with E-state index in [4.69, 9.17) is 9.15 Å². The fourth-order valence-electron chi connectivity index (χ4n) is 3.39. The standard InChI is InChI=1S/C23H18N2O6S/c1-3-30-23(27)20-19(14-8-10-16(11-9-14)25(28)29)13(2)32-22(20)24-21(26)18-12-15-6-4-5-7-17(15)31-18/h4-12H,3H2,1-2H3,(H,24,26).